The largest absolute Gasteiger partial charge is 0.324 e. The molecule has 0 amide bonds. The van der Waals surface area contributed by atoms with E-state index in [1.165, 1.54) is 6.07 Å². The van der Waals surface area contributed by atoms with E-state index in [-0.39, 0.29) is 24.3 Å². The van der Waals surface area contributed by atoms with Gasteiger partial charge in [-0.25, -0.2) is 4.39 Å². The lowest BCUT2D eigenvalue weighted by Gasteiger charge is -2.11. The quantitative estimate of drug-likeness (QED) is 0.835. The molecule has 0 bridgehead atoms. The Bertz CT molecular complexity index is 330. The summed E-state index contributed by atoms with van der Waals surface area (Å²) in [6.07, 6.45) is 3.31. The van der Waals surface area contributed by atoms with Gasteiger partial charge in [0.1, 0.15) is 5.82 Å². The Hall–Kier alpha value is -0.380. The van der Waals surface area contributed by atoms with Crippen molar-refractivity contribution in [2.75, 3.05) is 0 Å². The number of allylic oxidation sites excluding steroid dienone is 1. The maximum absolute atomic E-state index is 13.3. The third-order valence-corrected chi connectivity index (χ3v) is 2.53. The van der Waals surface area contributed by atoms with Crippen molar-refractivity contribution in [3.05, 3.63) is 46.7 Å². The number of hydrogen-bond donors (Lipinski definition) is 1. The molecule has 0 radical (unpaired) electrons. The molecule has 0 aliphatic rings. The molecule has 0 spiro atoms. The van der Waals surface area contributed by atoms with Crippen molar-refractivity contribution in [1.29, 1.82) is 0 Å². The summed E-state index contributed by atoms with van der Waals surface area (Å²) in [7, 11) is 0. The zero-order valence-corrected chi connectivity index (χ0v) is 10.7. The second kappa shape index (κ2) is 6.99. The van der Waals surface area contributed by atoms with Gasteiger partial charge >= 0.3 is 0 Å². The fraction of sp³-hybridized carbons (Fsp3) is 0.273. The zero-order chi connectivity index (χ0) is 10.6. The first-order valence-electron chi connectivity index (χ1n) is 4.46. The van der Waals surface area contributed by atoms with Crippen molar-refractivity contribution in [3.63, 3.8) is 0 Å². The van der Waals surface area contributed by atoms with Crippen molar-refractivity contribution in [1.82, 2.24) is 0 Å². The molecule has 0 aromatic heterocycles. The Kier molecular flexibility index (Phi) is 6.81. The van der Waals surface area contributed by atoms with Crippen LogP contribution >= 0.6 is 28.3 Å². The number of nitrogens with two attached hydrogens (primary N) is 1. The monoisotopic (exact) mass is 293 g/mol. The molecule has 0 heterocycles. The SMILES string of the molecule is C=CCC[C@@H](N)c1cc(Br)ccc1F.Cl. The average molecular weight is 295 g/mol. The van der Waals surface area contributed by atoms with Crippen molar-refractivity contribution >= 4 is 28.3 Å². The first kappa shape index (κ1) is 14.6. The molecule has 0 aliphatic carbocycles. The molecule has 1 nitrogen and oxygen atoms in total. The lowest BCUT2D eigenvalue weighted by atomic mass is 10.0. The van der Waals surface area contributed by atoms with Crippen LogP contribution in [0.1, 0.15) is 24.4 Å². The average Bonchev–Trinajstić information content (AvgIpc) is 2.18. The highest BCUT2D eigenvalue weighted by atomic mass is 79.9. The fourth-order valence-corrected chi connectivity index (χ4v) is 1.63. The summed E-state index contributed by atoms with van der Waals surface area (Å²) in [6, 6.07) is 4.56. The van der Waals surface area contributed by atoms with Gasteiger partial charge in [-0.2, -0.15) is 0 Å². The van der Waals surface area contributed by atoms with Gasteiger partial charge in [0.15, 0.2) is 0 Å². The van der Waals surface area contributed by atoms with Crippen molar-refractivity contribution in [2.45, 2.75) is 18.9 Å². The third-order valence-electron chi connectivity index (χ3n) is 2.04. The maximum atomic E-state index is 13.3. The highest BCUT2D eigenvalue weighted by Crippen LogP contribution is 2.23. The summed E-state index contributed by atoms with van der Waals surface area (Å²) in [4.78, 5) is 0. The molecule has 1 atom stereocenters. The Labute approximate surface area is 104 Å². The van der Waals surface area contributed by atoms with Crippen LogP contribution in [-0.4, -0.2) is 0 Å². The smallest absolute Gasteiger partial charge is 0.128 e. The Morgan fingerprint density at radius 2 is 2.20 bits per heavy atom. The normalized spacial score (nSPS) is 11.7. The van der Waals surface area contributed by atoms with E-state index in [2.05, 4.69) is 22.5 Å². The molecule has 0 unspecified atom stereocenters. The summed E-state index contributed by atoms with van der Waals surface area (Å²) in [6.45, 7) is 3.61. The molecule has 1 rings (SSSR count). The zero-order valence-electron chi connectivity index (χ0n) is 8.25. The van der Waals surface area contributed by atoms with Crippen LogP contribution in [0, 0.1) is 5.82 Å². The lowest BCUT2D eigenvalue weighted by molar-refractivity contribution is 0.566. The highest BCUT2D eigenvalue weighted by molar-refractivity contribution is 9.10. The van der Waals surface area contributed by atoms with Crippen LogP contribution in [0.15, 0.2) is 35.3 Å². The van der Waals surface area contributed by atoms with Gasteiger partial charge in [0.05, 0.1) is 0 Å². The number of hydrogen-bond acceptors (Lipinski definition) is 1. The molecule has 0 aliphatic heterocycles. The standard InChI is InChI=1S/C11H13BrFN.ClH/c1-2-3-4-11(14)9-7-8(12)5-6-10(9)13;/h2,5-7,11H,1,3-4,14H2;1H/t11-;/m1./s1. The van der Waals surface area contributed by atoms with Crippen LogP contribution in [0.4, 0.5) is 4.39 Å². The molecule has 4 heteroatoms. The summed E-state index contributed by atoms with van der Waals surface area (Å²) >= 11 is 3.29. The minimum absolute atomic E-state index is 0. The van der Waals surface area contributed by atoms with E-state index in [1.54, 1.807) is 18.2 Å². The van der Waals surface area contributed by atoms with Gasteiger partial charge in [0.25, 0.3) is 0 Å². The lowest BCUT2D eigenvalue weighted by Crippen LogP contribution is -2.11. The Morgan fingerprint density at radius 3 is 2.80 bits per heavy atom. The molecule has 1 aromatic rings. The van der Waals surface area contributed by atoms with Crippen LogP contribution in [0.3, 0.4) is 0 Å². The third kappa shape index (κ3) is 4.33. The second-order valence-electron chi connectivity index (χ2n) is 3.14. The van der Waals surface area contributed by atoms with Crippen molar-refractivity contribution < 1.29 is 4.39 Å². The van der Waals surface area contributed by atoms with Gasteiger partial charge in [-0.15, -0.1) is 19.0 Å². The van der Waals surface area contributed by atoms with E-state index in [0.717, 1.165) is 17.3 Å². The van der Waals surface area contributed by atoms with Gasteiger partial charge in [0.2, 0.25) is 0 Å². The fourth-order valence-electron chi connectivity index (χ4n) is 1.25. The molecule has 0 fully saturated rings. The van der Waals surface area contributed by atoms with E-state index >= 15 is 0 Å². The number of benzene rings is 1. The first-order valence-corrected chi connectivity index (χ1v) is 5.26. The van der Waals surface area contributed by atoms with E-state index in [0.29, 0.717) is 5.56 Å². The summed E-state index contributed by atoms with van der Waals surface area (Å²) in [5.74, 6) is -0.246. The second-order valence-corrected chi connectivity index (χ2v) is 4.05. The van der Waals surface area contributed by atoms with Gasteiger partial charge in [-0.1, -0.05) is 22.0 Å². The summed E-state index contributed by atoms with van der Waals surface area (Å²) < 4.78 is 14.2. The van der Waals surface area contributed by atoms with E-state index in [4.69, 9.17) is 5.73 Å². The number of halogens is 3. The minimum atomic E-state index is -0.259. The predicted molar refractivity (Wildman–Crippen MR) is 67.7 cm³/mol. The molecule has 84 valence electrons. The van der Waals surface area contributed by atoms with E-state index in [9.17, 15) is 4.39 Å². The first-order chi connectivity index (χ1) is 6.65. The minimum Gasteiger partial charge on any atom is -0.324 e. The van der Waals surface area contributed by atoms with Gasteiger partial charge in [-0.3, -0.25) is 0 Å². The Morgan fingerprint density at radius 1 is 1.53 bits per heavy atom. The maximum Gasteiger partial charge on any atom is 0.128 e. The van der Waals surface area contributed by atoms with Gasteiger partial charge in [-0.05, 0) is 31.0 Å². The predicted octanol–water partition coefficient (Wildman–Crippen LogP) is 3.98. The van der Waals surface area contributed by atoms with E-state index < -0.39 is 0 Å². The number of rotatable bonds is 4. The molecule has 2 N–H and O–H groups in total. The topological polar surface area (TPSA) is 26.0 Å². The van der Waals surface area contributed by atoms with Gasteiger partial charge in [0, 0.05) is 16.1 Å². The van der Waals surface area contributed by atoms with Crippen molar-refractivity contribution in [2.24, 2.45) is 5.73 Å². The van der Waals surface area contributed by atoms with Crippen LogP contribution in [0.2, 0.25) is 0 Å². The van der Waals surface area contributed by atoms with Gasteiger partial charge < -0.3 is 5.73 Å². The molecule has 0 saturated carbocycles. The molecule has 15 heavy (non-hydrogen) atoms. The van der Waals surface area contributed by atoms with E-state index in [1.807, 2.05) is 0 Å². The molecular weight excluding hydrogens is 280 g/mol. The molecular formula is C11H14BrClFN. The van der Waals surface area contributed by atoms with Crippen LogP contribution in [0.5, 0.6) is 0 Å². The summed E-state index contributed by atoms with van der Waals surface area (Å²) in [5, 5.41) is 0. The van der Waals surface area contributed by atoms with Crippen LogP contribution in [0.25, 0.3) is 0 Å². The van der Waals surface area contributed by atoms with Crippen molar-refractivity contribution in [3.8, 4) is 0 Å². The molecule has 0 saturated heterocycles. The Balaban J connectivity index is 0.00000196. The molecule has 1 aromatic carbocycles. The van der Waals surface area contributed by atoms with Crippen LogP contribution in [-0.2, 0) is 0 Å². The van der Waals surface area contributed by atoms with Crippen LogP contribution < -0.4 is 5.73 Å². The highest BCUT2D eigenvalue weighted by Gasteiger charge is 2.10. The summed E-state index contributed by atoms with van der Waals surface area (Å²) in [5.41, 5.74) is 6.40.